The van der Waals surface area contributed by atoms with E-state index in [0.717, 1.165) is 37.8 Å². The number of fused-ring (bicyclic) bond motifs is 3. The number of benzene rings is 2. The lowest BCUT2D eigenvalue weighted by molar-refractivity contribution is -0.238. The van der Waals surface area contributed by atoms with E-state index in [1.165, 1.54) is 11.1 Å². The average Bonchev–Trinajstić information content (AvgIpc) is 3.18. The maximum atomic E-state index is 13.7. The fourth-order valence-corrected chi connectivity index (χ4v) is 8.94. The highest BCUT2D eigenvalue weighted by atomic mass is 18.2. The van der Waals surface area contributed by atoms with Crippen molar-refractivity contribution in [2.24, 2.45) is 11.3 Å². The maximum Gasteiger partial charge on any atom is 0.165 e. The molecule has 1 saturated heterocycles. The summed E-state index contributed by atoms with van der Waals surface area (Å²) < 4.78 is 27.0. The first-order valence-corrected chi connectivity index (χ1v) is 13.7. The van der Waals surface area contributed by atoms with Gasteiger partial charge in [-0.1, -0.05) is 48.6 Å². The van der Waals surface area contributed by atoms with Crippen molar-refractivity contribution >= 4 is 0 Å². The van der Waals surface area contributed by atoms with Crippen LogP contribution in [-0.2, 0) is 16.6 Å². The largest absolute Gasteiger partial charge is 0.504 e. The van der Waals surface area contributed by atoms with Crippen molar-refractivity contribution < 1.29 is 24.1 Å². The lowest BCUT2D eigenvalue weighted by Crippen LogP contribution is -2.75. The van der Waals surface area contributed by atoms with Crippen molar-refractivity contribution in [3.63, 3.8) is 0 Å². The number of ether oxygens (including phenoxy) is 2. The Morgan fingerprint density at radius 1 is 1.16 bits per heavy atom. The molecule has 196 valence electrons. The average molecular weight is 505 g/mol. The van der Waals surface area contributed by atoms with Crippen LogP contribution in [0.5, 0.6) is 11.5 Å². The third kappa shape index (κ3) is 2.90. The van der Waals surface area contributed by atoms with E-state index in [1.54, 1.807) is 6.07 Å². The number of aliphatic hydroxyl groups is 1. The Kier molecular flexibility index (Phi) is 5.00. The molecule has 2 fully saturated rings. The van der Waals surface area contributed by atoms with Crippen LogP contribution >= 0.6 is 0 Å². The molecule has 3 heterocycles. The predicted molar refractivity (Wildman–Crippen MR) is 139 cm³/mol. The quantitative estimate of drug-likeness (QED) is 0.528. The summed E-state index contributed by atoms with van der Waals surface area (Å²) in [5.41, 5.74) is 0.865. The first kappa shape index (κ1) is 23.7. The summed E-state index contributed by atoms with van der Waals surface area (Å²) in [5.74, 6) is 0.439. The van der Waals surface area contributed by atoms with E-state index >= 15 is 0 Å². The van der Waals surface area contributed by atoms with Gasteiger partial charge >= 0.3 is 0 Å². The topological polar surface area (TPSA) is 62.2 Å². The van der Waals surface area contributed by atoms with Gasteiger partial charge in [-0.05, 0) is 69.8 Å². The molecule has 6 heteroatoms. The molecule has 0 aromatic heterocycles. The van der Waals surface area contributed by atoms with Crippen molar-refractivity contribution in [3.8, 4) is 11.5 Å². The van der Waals surface area contributed by atoms with E-state index in [9.17, 15) is 14.6 Å². The van der Waals surface area contributed by atoms with Gasteiger partial charge in [0.25, 0.3) is 0 Å². The molecule has 2 unspecified atom stereocenters. The minimum absolute atomic E-state index is 0.0593. The van der Waals surface area contributed by atoms with Crippen molar-refractivity contribution in [2.75, 3.05) is 26.9 Å². The molecule has 7 atom stereocenters. The lowest BCUT2D eigenvalue weighted by atomic mass is 9.38. The summed E-state index contributed by atoms with van der Waals surface area (Å²) in [5, 5.41) is 23.1. The molecule has 37 heavy (non-hydrogen) atoms. The van der Waals surface area contributed by atoms with Crippen molar-refractivity contribution in [1.29, 1.82) is 0 Å². The highest BCUT2D eigenvalue weighted by Gasteiger charge is 2.78. The van der Waals surface area contributed by atoms with Crippen LogP contribution in [-0.4, -0.2) is 59.3 Å². The molecule has 3 aliphatic heterocycles. The molecule has 0 amide bonds. The van der Waals surface area contributed by atoms with Crippen LogP contribution in [0.2, 0.25) is 0 Å². The predicted octanol–water partition coefficient (Wildman–Crippen LogP) is 4.86. The normalized spacial score (nSPS) is 38.2. The van der Waals surface area contributed by atoms with Gasteiger partial charge < -0.3 is 19.7 Å². The number of phenols is 1. The number of allylic oxidation sites excluding steroid dienone is 1. The van der Waals surface area contributed by atoms with E-state index in [4.69, 9.17) is 9.47 Å². The Balaban J connectivity index is 1.38. The Morgan fingerprint density at radius 3 is 2.76 bits per heavy atom. The van der Waals surface area contributed by atoms with Crippen LogP contribution < -0.4 is 4.74 Å². The van der Waals surface area contributed by atoms with Gasteiger partial charge in [0.15, 0.2) is 11.5 Å². The molecule has 2 spiro atoms. The number of nitrogens with zero attached hydrogens (tertiary/aromatic N) is 1. The van der Waals surface area contributed by atoms with E-state index in [2.05, 4.69) is 42.3 Å². The number of hydrogen-bond acceptors (Lipinski definition) is 5. The van der Waals surface area contributed by atoms with E-state index < -0.39 is 24.0 Å². The van der Waals surface area contributed by atoms with Crippen LogP contribution in [0.3, 0.4) is 0 Å². The zero-order valence-corrected chi connectivity index (χ0v) is 21.6. The smallest absolute Gasteiger partial charge is 0.165 e. The summed E-state index contributed by atoms with van der Waals surface area (Å²) in [7, 11) is 2.18. The lowest BCUT2D eigenvalue weighted by Gasteiger charge is -2.67. The first-order valence-electron chi connectivity index (χ1n) is 13.7. The molecule has 2 N–H and O–H groups in total. The summed E-state index contributed by atoms with van der Waals surface area (Å²) in [6, 6.07) is 14.3. The highest BCUT2D eigenvalue weighted by Crippen LogP contribution is 2.76. The number of halogens is 1. The first-order chi connectivity index (χ1) is 17.8. The monoisotopic (exact) mass is 504 g/mol. The van der Waals surface area contributed by atoms with E-state index in [0.29, 0.717) is 12.2 Å². The number of aromatic hydroxyl groups is 1. The van der Waals surface area contributed by atoms with Crippen LogP contribution in [0, 0.1) is 11.3 Å². The van der Waals surface area contributed by atoms with Crippen LogP contribution in [0.15, 0.2) is 54.6 Å². The minimum Gasteiger partial charge on any atom is -0.504 e. The summed E-state index contributed by atoms with van der Waals surface area (Å²) >= 11 is 0. The SMILES string of the molecule is CN1CC[C@]23c4c5ccc(O)c4O[C@H]2[C@@]2(OCC[18F])C=C[C@]3(CC51)C[C@@H]2C(C)(O)CCc1ccccc1. The molecule has 1 saturated carbocycles. The fraction of sp³-hybridized carbons (Fsp3) is 0.548. The van der Waals surface area contributed by atoms with Crippen LogP contribution in [0.25, 0.3) is 0 Å². The maximum absolute atomic E-state index is 13.7. The Bertz CT molecular complexity index is 1260. The third-order valence-electron chi connectivity index (χ3n) is 10.6. The van der Waals surface area contributed by atoms with Crippen molar-refractivity contribution in [1.82, 2.24) is 4.90 Å². The van der Waals surface area contributed by atoms with Gasteiger partial charge in [-0.15, -0.1) is 0 Å². The summed E-state index contributed by atoms with van der Waals surface area (Å²) in [4.78, 5) is 2.43. The Morgan fingerprint density at radius 2 is 1.97 bits per heavy atom. The van der Waals surface area contributed by atoms with Gasteiger partial charge in [0.05, 0.1) is 12.2 Å². The number of rotatable bonds is 7. The number of hydrogen-bond donors (Lipinski definition) is 2. The molecule has 4 bridgehead atoms. The number of phenolic OH excluding ortho intramolecular Hbond substituents is 1. The van der Waals surface area contributed by atoms with Gasteiger partial charge in [0.2, 0.25) is 0 Å². The Hall–Kier alpha value is -2.41. The summed E-state index contributed by atoms with van der Waals surface area (Å²) in [6.07, 6.45) is 7.85. The molecule has 5 nitrogen and oxygen atoms in total. The second kappa shape index (κ2) is 7.81. The standard InChI is InChI=1S/C31H36FNO4/c1-28(35,11-10-20-6-4-3-5-7-20)24-19-29-12-13-31(24,36-17-15-32)27-30(29)14-16-33(2)22(18-29)21-8-9-23(34)26(37-27)25(21)30/h3-9,12-13,22,24,27,34-35H,10-11,14-19H2,1-2H3/t22?,24-,27-,28?,29+,30+,31-/m1/s1/i32-1. The van der Waals surface area contributed by atoms with Gasteiger partial charge in [0.1, 0.15) is 18.4 Å². The van der Waals surface area contributed by atoms with Crippen molar-refractivity contribution in [2.45, 2.75) is 67.8 Å². The van der Waals surface area contributed by atoms with Gasteiger partial charge in [0, 0.05) is 28.4 Å². The summed E-state index contributed by atoms with van der Waals surface area (Å²) in [6.45, 7) is 2.16. The second-order valence-corrected chi connectivity index (χ2v) is 12.3. The van der Waals surface area contributed by atoms with Crippen molar-refractivity contribution in [3.05, 3.63) is 71.3 Å². The van der Waals surface area contributed by atoms with E-state index in [1.807, 2.05) is 25.1 Å². The fourth-order valence-electron chi connectivity index (χ4n) is 8.94. The molecule has 2 aromatic rings. The number of alkyl halides is 1. The van der Waals surface area contributed by atoms with Gasteiger partial charge in [-0.25, -0.2) is 4.39 Å². The molecular formula is C31H36FNO4. The zero-order chi connectivity index (χ0) is 25.6. The third-order valence-corrected chi connectivity index (χ3v) is 10.6. The molecule has 9 rings (SSSR count). The van der Waals surface area contributed by atoms with Gasteiger partial charge in [-0.2, -0.15) is 0 Å². The molecule has 0 radical (unpaired) electrons. The minimum atomic E-state index is -1.06. The molecule has 2 aromatic carbocycles. The Labute approximate surface area is 217 Å². The number of aryl methyl sites for hydroxylation is 1. The van der Waals surface area contributed by atoms with Crippen LogP contribution in [0.1, 0.15) is 55.3 Å². The van der Waals surface area contributed by atoms with Crippen LogP contribution in [0.4, 0.5) is 4.39 Å². The second-order valence-electron chi connectivity index (χ2n) is 12.3. The zero-order valence-electron chi connectivity index (χ0n) is 21.6. The molecular weight excluding hydrogens is 468 g/mol. The van der Waals surface area contributed by atoms with E-state index in [-0.39, 0.29) is 35.1 Å². The van der Waals surface area contributed by atoms with Gasteiger partial charge in [-0.3, -0.25) is 4.90 Å². The highest BCUT2D eigenvalue weighted by molar-refractivity contribution is 5.65. The molecule has 7 aliphatic rings. The molecule has 4 aliphatic carbocycles.